The molecule has 0 aromatic carbocycles. The summed E-state index contributed by atoms with van der Waals surface area (Å²) in [7, 11) is -2.39. The molecule has 0 saturated heterocycles. The lowest BCUT2D eigenvalue weighted by molar-refractivity contribution is 0.00866. The molecule has 0 aromatic rings. The molecule has 0 fully saturated rings. The Balaban J connectivity index is 3.07. The van der Waals surface area contributed by atoms with E-state index in [-0.39, 0.29) is 13.2 Å². The summed E-state index contributed by atoms with van der Waals surface area (Å²) in [6.07, 6.45) is 20.8. The fourth-order valence-electron chi connectivity index (χ4n) is 3.17. The van der Waals surface area contributed by atoms with Crippen LogP contribution < -0.4 is 0 Å². The zero-order valence-corrected chi connectivity index (χ0v) is 18.5. The van der Waals surface area contributed by atoms with E-state index in [4.69, 9.17) is 14.5 Å². The van der Waals surface area contributed by atoms with Crippen molar-refractivity contribution in [3.05, 3.63) is 0 Å². The number of aliphatic hydroxyl groups excluding tert-OH is 1. The molecule has 0 aliphatic heterocycles. The maximum Gasteiger partial charge on any atom is 0.327 e. The molecule has 3 N–H and O–H groups in total. The molecule has 0 aliphatic rings. The Labute approximate surface area is 168 Å². The maximum absolute atomic E-state index is 9.47. The van der Waals surface area contributed by atoms with Crippen LogP contribution in [0, 0.1) is 0 Å². The van der Waals surface area contributed by atoms with Crippen LogP contribution in [-0.2, 0) is 9.26 Å². The van der Waals surface area contributed by atoms with E-state index in [0.717, 1.165) is 6.42 Å². The lowest BCUT2D eigenvalue weighted by Gasteiger charge is -2.11. The van der Waals surface area contributed by atoms with Crippen molar-refractivity contribution < 1.29 is 24.2 Å². The van der Waals surface area contributed by atoms with Gasteiger partial charge in [-0.15, -0.1) is 0 Å². The van der Waals surface area contributed by atoms with Gasteiger partial charge >= 0.3 is 8.60 Å². The second kappa shape index (κ2) is 22.5. The Morgan fingerprint density at radius 1 is 0.630 bits per heavy atom. The minimum Gasteiger partial charge on any atom is -0.388 e. The van der Waals surface area contributed by atoms with Gasteiger partial charge in [0.2, 0.25) is 0 Å². The zero-order valence-electron chi connectivity index (χ0n) is 17.6. The lowest BCUT2D eigenvalue weighted by Crippen LogP contribution is -2.21. The van der Waals surface area contributed by atoms with E-state index in [0.29, 0.717) is 6.61 Å². The Bertz CT molecular complexity index is 279. The molecule has 6 heteroatoms. The van der Waals surface area contributed by atoms with Gasteiger partial charge in [0.15, 0.2) is 0 Å². The number of unbranched alkanes of at least 4 members (excludes halogenated alkanes) is 15. The van der Waals surface area contributed by atoms with Crippen molar-refractivity contribution in [2.24, 2.45) is 0 Å². The Morgan fingerprint density at radius 3 is 1.44 bits per heavy atom. The first kappa shape index (κ1) is 27.2. The summed E-state index contributed by atoms with van der Waals surface area (Å²) >= 11 is 0. The SMILES string of the molecule is CCCCCCCCCCCCCCCCCCOC[C@@H](O)COP(O)O. The average Bonchev–Trinajstić information content (AvgIpc) is 2.65. The molecule has 0 saturated carbocycles. The zero-order chi connectivity index (χ0) is 20.0. The highest BCUT2D eigenvalue weighted by Gasteiger charge is 2.07. The molecule has 0 bridgehead atoms. The van der Waals surface area contributed by atoms with Crippen LogP contribution in [-0.4, -0.2) is 40.8 Å². The molecule has 0 heterocycles. The minimum atomic E-state index is -2.39. The molecular weight excluding hydrogens is 363 g/mol. The number of rotatable bonds is 22. The van der Waals surface area contributed by atoms with Gasteiger partial charge < -0.3 is 24.2 Å². The van der Waals surface area contributed by atoms with E-state index in [1.54, 1.807) is 0 Å². The highest BCUT2D eigenvalue weighted by molar-refractivity contribution is 7.39. The van der Waals surface area contributed by atoms with Crippen molar-refractivity contribution in [2.45, 2.75) is 116 Å². The van der Waals surface area contributed by atoms with Gasteiger partial charge in [0, 0.05) is 6.61 Å². The summed E-state index contributed by atoms with van der Waals surface area (Å²) in [4.78, 5) is 17.2. The minimum absolute atomic E-state index is 0.0995. The normalized spacial score (nSPS) is 12.8. The van der Waals surface area contributed by atoms with Gasteiger partial charge in [0.05, 0.1) is 13.2 Å². The van der Waals surface area contributed by atoms with Crippen molar-refractivity contribution in [1.29, 1.82) is 0 Å². The summed E-state index contributed by atoms with van der Waals surface area (Å²) in [5.74, 6) is 0. The topological polar surface area (TPSA) is 79.2 Å². The lowest BCUT2D eigenvalue weighted by atomic mass is 10.0. The van der Waals surface area contributed by atoms with Crippen LogP contribution in [0.15, 0.2) is 0 Å². The Hall–Kier alpha value is 0.230. The third kappa shape index (κ3) is 24.2. The molecule has 0 radical (unpaired) electrons. The molecule has 0 aliphatic carbocycles. The molecule has 0 spiro atoms. The van der Waals surface area contributed by atoms with Crippen LogP contribution in [0.25, 0.3) is 0 Å². The molecule has 0 aromatic heterocycles. The highest BCUT2D eigenvalue weighted by atomic mass is 31.2. The number of aliphatic hydroxyl groups is 1. The average molecular weight is 409 g/mol. The van der Waals surface area contributed by atoms with Gasteiger partial charge in [-0.05, 0) is 6.42 Å². The van der Waals surface area contributed by atoms with Gasteiger partial charge in [-0.25, -0.2) is 0 Å². The second-order valence-corrected chi connectivity index (χ2v) is 8.34. The molecule has 5 nitrogen and oxygen atoms in total. The van der Waals surface area contributed by atoms with Crippen molar-refractivity contribution in [3.8, 4) is 0 Å². The van der Waals surface area contributed by atoms with E-state index in [1.807, 2.05) is 0 Å². The molecule has 27 heavy (non-hydrogen) atoms. The van der Waals surface area contributed by atoms with E-state index in [2.05, 4.69) is 11.4 Å². The van der Waals surface area contributed by atoms with Crippen molar-refractivity contribution >= 4 is 8.60 Å². The van der Waals surface area contributed by atoms with Crippen LogP contribution in [0.3, 0.4) is 0 Å². The van der Waals surface area contributed by atoms with Crippen molar-refractivity contribution in [2.75, 3.05) is 19.8 Å². The fraction of sp³-hybridized carbons (Fsp3) is 1.00. The van der Waals surface area contributed by atoms with Gasteiger partial charge in [0.1, 0.15) is 6.10 Å². The Morgan fingerprint density at radius 2 is 1.04 bits per heavy atom. The Kier molecular flexibility index (Phi) is 22.7. The number of hydrogen-bond acceptors (Lipinski definition) is 5. The molecule has 164 valence electrons. The van der Waals surface area contributed by atoms with Gasteiger partial charge in [0.25, 0.3) is 0 Å². The van der Waals surface area contributed by atoms with Crippen LogP contribution in [0.4, 0.5) is 0 Å². The first-order chi connectivity index (χ1) is 13.2. The number of ether oxygens (including phenoxy) is 1. The first-order valence-electron chi connectivity index (χ1n) is 11.2. The quantitative estimate of drug-likeness (QED) is 0.155. The molecule has 0 rings (SSSR count). The molecule has 0 amide bonds. The van der Waals surface area contributed by atoms with Crippen LogP contribution in [0.5, 0.6) is 0 Å². The predicted molar refractivity (Wildman–Crippen MR) is 114 cm³/mol. The number of hydrogen-bond donors (Lipinski definition) is 3. The summed E-state index contributed by atoms with van der Waals surface area (Å²) in [5, 5.41) is 9.47. The largest absolute Gasteiger partial charge is 0.388 e. The summed E-state index contributed by atoms with van der Waals surface area (Å²) in [5.41, 5.74) is 0. The van der Waals surface area contributed by atoms with Crippen LogP contribution >= 0.6 is 8.60 Å². The molecule has 0 unspecified atom stereocenters. The van der Waals surface area contributed by atoms with E-state index >= 15 is 0 Å². The van der Waals surface area contributed by atoms with Crippen LogP contribution in [0.2, 0.25) is 0 Å². The highest BCUT2D eigenvalue weighted by Crippen LogP contribution is 2.24. The third-order valence-electron chi connectivity index (χ3n) is 4.83. The third-order valence-corrected chi connectivity index (χ3v) is 5.21. The summed E-state index contributed by atoms with van der Waals surface area (Å²) in [6, 6.07) is 0. The van der Waals surface area contributed by atoms with Gasteiger partial charge in [-0.3, -0.25) is 0 Å². The fourth-order valence-corrected chi connectivity index (χ4v) is 3.48. The summed E-state index contributed by atoms with van der Waals surface area (Å²) in [6.45, 7) is 3.00. The maximum atomic E-state index is 9.47. The predicted octanol–water partition coefficient (Wildman–Crippen LogP) is 5.85. The van der Waals surface area contributed by atoms with E-state index in [9.17, 15) is 5.11 Å². The van der Waals surface area contributed by atoms with E-state index in [1.165, 1.54) is 96.3 Å². The van der Waals surface area contributed by atoms with Crippen molar-refractivity contribution in [3.63, 3.8) is 0 Å². The molecular formula is C21H45O5P. The monoisotopic (exact) mass is 408 g/mol. The second-order valence-electron chi connectivity index (χ2n) is 7.58. The van der Waals surface area contributed by atoms with Gasteiger partial charge in [-0.2, -0.15) is 0 Å². The standard InChI is InChI=1S/C21H45O5P/c1-2-3-4-5-6-7-8-9-10-11-12-13-14-15-16-17-18-25-19-21(22)20-26-27(23)24/h21-24H,2-20H2,1H3/t21-/m1/s1. The van der Waals surface area contributed by atoms with Crippen molar-refractivity contribution in [1.82, 2.24) is 0 Å². The van der Waals surface area contributed by atoms with Gasteiger partial charge in [-0.1, -0.05) is 103 Å². The molecule has 1 atom stereocenters. The van der Waals surface area contributed by atoms with Crippen LogP contribution in [0.1, 0.15) is 110 Å². The summed E-state index contributed by atoms with van der Waals surface area (Å²) < 4.78 is 9.90. The van der Waals surface area contributed by atoms with E-state index < -0.39 is 14.7 Å². The first-order valence-corrected chi connectivity index (χ1v) is 12.4. The smallest absolute Gasteiger partial charge is 0.327 e.